The fourth-order valence-electron chi connectivity index (χ4n) is 3.53. The van der Waals surface area contributed by atoms with Crippen LogP contribution in [0.25, 0.3) is 10.8 Å². The van der Waals surface area contributed by atoms with Crippen LogP contribution >= 0.6 is 0 Å². The molecule has 0 spiro atoms. The Morgan fingerprint density at radius 3 is 2.64 bits per heavy atom. The van der Waals surface area contributed by atoms with Crippen molar-refractivity contribution in [2.45, 2.75) is 19.5 Å². The number of amides is 2. The zero-order chi connectivity index (χ0) is 19.5. The fraction of sp³-hybridized carbons (Fsp3) is 0.261. The number of carbonyl (C=O) groups excluding carboxylic acids is 1. The molecule has 0 saturated carbocycles. The van der Waals surface area contributed by atoms with Gasteiger partial charge in [-0.2, -0.15) is 0 Å². The molecule has 1 heterocycles. The highest BCUT2D eigenvalue weighted by molar-refractivity contribution is 5.86. The molecule has 5 nitrogen and oxygen atoms in total. The van der Waals surface area contributed by atoms with Crippen molar-refractivity contribution in [1.29, 1.82) is 0 Å². The molecule has 4 rings (SSSR count). The summed E-state index contributed by atoms with van der Waals surface area (Å²) >= 11 is 0. The number of nitrogens with zero attached hydrogens (tertiary/aromatic N) is 1. The third kappa shape index (κ3) is 3.74. The number of fused-ring (bicyclic) bond motifs is 2. The van der Waals surface area contributed by atoms with Crippen LogP contribution in [0.5, 0.6) is 11.5 Å². The van der Waals surface area contributed by atoms with Crippen molar-refractivity contribution in [3.05, 3.63) is 71.8 Å². The van der Waals surface area contributed by atoms with Crippen molar-refractivity contribution in [2.24, 2.45) is 0 Å². The number of nitrogens with one attached hydrogen (secondary N) is 1. The largest absolute Gasteiger partial charge is 0.486 e. The van der Waals surface area contributed by atoms with E-state index in [9.17, 15) is 4.79 Å². The lowest BCUT2D eigenvalue weighted by Crippen LogP contribution is -2.38. The van der Waals surface area contributed by atoms with Gasteiger partial charge in [0.05, 0.1) is 6.04 Å². The molecule has 0 aliphatic carbocycles. The summed E-state index contributed by atoms with van der Waals surface area (Å²) in [7, 11) is 1.79. The first-order valence-corrected chi connectivity index (χ1v) is 9.49. The van der Waals surface area contributed by atoms with Gasteiger partial charge in [0, 0.05) is 13.6 Å². The minimum atomic E-state index is -0.115. The maximum absolute atomic E-state index is 12.7. The molecule has 1 aliphatic heterocycles. The molecule has 1 N–H and O–H groups in total. The van der Waals surface area contributed by atoms with Crippen LogP contribution in [0.2, 0.25) is 0 Å². The first kappa shape index (κ1) is 18.2. The highest BCUT2D eigenvalue weighted by Gasteiger charge is 2.17. The van der Waals surface area contributed by atoms with Gasteiger partial charge >= 0.3 is 6.03 Å². The molecular weight excluding hydrogens is 352 g/mol. The van der Waals surface area contributed by atoms with E-state index in [0.29, 0.717) is 19.8 Å². The van der Waals surface area contributed by atoms with E-state index < -0.39 is 0 Å². The topological polar surface area (TPSA) is 50.8 Å². The molecule has 0 aromatic heterocycles. The number of ether oxygens (including phenoxy) is 2. The van der Waals surface area contributed by atoms with E-state index >= 15 is 0 Å². The number of hydrogen-bond acceptors (Lipinski definition) is 3. The van der Waals surface area contributed by atoms with Gasteiger partial charge < -0.3 is 19.7 Å². The van der Waals surface area contributed by atoms with Crippen molar-refractivity contribution in [3.63, 3.8) is 0 Å². The monoisotopic (exact) mass is 376 g/mol. The summed E-state index contributed by atoms with van der Waals surface area (Å²) in [5.41, 5.74) is 2.11. The first-order valence-electron chi connectivity index (χ1n) is 9.49. The van der Waals surface area contributed by atoms with Gasteiger partial charge in [0.25, 0.3) is 0 Å². The molecule has 0 fully saturated rings. The lowest BCUT2D eigenvalue weighted by molar-refractivity contribution is 0.171. The molecule has 28 heavy (non-hydrogen) atoms. The lowest BCUT2D eigenvalue weighted by Gasteiger charge is -2.23. The highest BCUT2D eigenvalue weighted by atomic mass is 16.6. The van der Waals surface area contributed by atoms with E-state index in [4.69, 9.17) is 9.47 Å². The van der Waals surface area contributed by atoms with Gasteiger partial charge in [-0.15, -0.1) is 0 Å². The molecule has 144 valence electrons. The molecule has 2 amide bonds. The SMILES string of the molecule is CC(NC(=O)N(C)Cc1ccc2c(c1)OCCO2)c1cccc2ccccc12. The number of carbonyl (C=O) groups is 1. The number of benzene rings is 3. The van der Waals surface area contributed by atoms with Crippen molar-refractivity contribution in [1.82, 2.24) is 10.2 Å². The molecule has 3 aromatic rings. The van der Waals surface area contributed by atoms with Crippen LogP contribution in [-0.4, -0.2) is 31.2 Å². The van der Waals surface area contributed by atoms with Crippen LogP contribution < -0.4 is 14.8 Å². The van der Waals surface area contributed by atoms with Gasteiger partial charge in [-0.3, -0.25) is 0 Å². The zero-order valence-electron chi connectivity index (χ0n) is 16.1. The fourth-order valence-corrected chi connectivity index (χ4v) is 3.53. The number of rotatable bonds is 4. The average molecular weight is 376 g/mol. The van der Waals surface area contributed by atoms with Crippen molar-refractivity contribution in [3.8, 4) is 11.5 Å². The van der Waals surface area contributed by atoms with Gasteiger partial charge in [-0.25, -0.2) is 4.79 Å². The Bertz CT molecular complexity index is 997. The van der Waals surface area contributed by atoms with Crippen LogP contribution in [0.3, 0.4) is 0 Å². The Morgan fingerprint density at radius 2 is 1.79 bits per heavy atom. The van der Waals surface area contributed by atoms with Crippen LogP contribution in [0, 0.1) is 0 Å². The van der Waals surface area contributed by atoms with Crippen molar-refractivity contribution in [2.75, 3.05) is 20.3 Å². The molecule has 3 aromatic carbocycles. The van der Waals surface area contributed by atoms with Gasteiger partial charge in [-0.1, -0.05) is 48.5 Å². The van der Waals surface area contributed by atoms with Crippen LogP contribution in [-0.2, 0) is 6.54 Å². The Hall–Kier alpha value is -3.21. The second-order valence-corrected chi connectivity index (χ2v) is 7.07. The standard InChI is InChI=1S/C23H24N2O3/c1-16(19-9-5-7-18-6-3-4-8-20(18)19)24-23(26)25(2)15-17-10-11-21-22(14-17)28-13-12-27-21/h3-11,14,16H,12-13,15H2,1-2H3,(H,24,26). The van der Waals surface area contributed by atoms with Gasteiger partial charge in [-0.05, 0) is 41.0 Å². The smallest absolute Gasteiger partial charge is 0.317 e. The lowest BCUT2D eigenvalue weighted by atomic mass is 10.00. The molecule has 1 atom stereocenters. The van der Waals surface area contributed by atoms with E-state index in [1.807, 2.05) is 43.3 Å². The zero-order valence-corrected chi connectivity index (χ0v) is 16.1. The molecule has 5 heteroatoms. The maximum Gasteiger partial charge on any atom is 0.317 e. The number of urea groups is 1. The second kappa shape index (κ2) is 7.80. The molecule has 1 aliphatic rings. The molecule has 0 saturated heterocycles. The predicted octanol–water partition coefficient (Wildman–Crippen LogP) is 4.51. The normalized spacial score (nSPS) is 13.8. The summed E-state index contributed by atoms with van der Waals surface area (Å²) in [5, 5.41) is 5.43. The second-order valence-electron chi connectivity index (χ2n) is 7.07. The van der Waals surface area contributed by atoms with E-state index in [2.05, 4.69) is 29.6 Å². The van der Waals surface area contributed by atoms with Crippen LogP contribution in [0.4, 0.5) is 4.79 Å². The average Bonchev–Trinajstić information content (AvgIpc) is 2.73. The summed E-state index contributed by atoms with van der Waals surface area (Å²) in [6.45, 7) is 3.62. The van der Waals surface area contributed by atoms with Crippen LogP contribution in [0.1, 0.15) is 24.1 Å². The minimum absolute atomic E-state index is 0.0960. The third-order valence-corrected chi connectivity index (χ3v) is 5.00. The summed E-state index contributed by atoms with van der Waals surface area (Å²) in [4.78, 5) is 14.4. The molecule has 1 unspecified atom stereocenters. The highest BCUT2D eigenvalue weighted by Crippen LogP contribution is 2.31. The Kier molecular flexibility index (Phi) is 5.06. The summed E-state index contributed by atoms with van der Waals surface area (Å²) < 4.78 is 11.2. The molecular formula is C23H24N2O3. The molecule has 0 radical (unpaired) electrons. The Balaban J connectivity index is 1.44. The van der Waals surface area contributed by atoms with Crippen molar-refractivity contribution >= 4 is 16.8 Å². The van der Waals surface area contributed by atoms with Gasteiger partial charge in [0.1, 0.15) is 13.2 Å². The Labute approximate surface area is 164 Å². The minimum Gasteiger partial charge on any atom is -0.486 e. The van der Waals surface area contributed by atoms with Gasteiger partial charge in [0.2, 0.25) is 0 Å². The van der Waals surface area contributed by atoms with E-state index in [-0.39, 0.29) is 12.1 Å². The molecule has 0 bridgehead atoms. The maximum atomic E-state index is 12.7. The van der Waals surface area contributed by atoms with Gasteiger partial charge in [0.15, 0.2) is 11.5 Å². The van der Waals surface area contributed by atoms with Crippen molar-refractivity contribution < 1.29 is 14.3 Å². The van der Waals surface area contributed by atoms with E-state index in [1.165, 1.54) is 5.39 Å². The number of hydrogen-bond donors (Lipinski definition) is 1. The first-order chi connectivity index (χ1) is 13.6. The Morgan fingerprint density at radius 1 is 1.04 bits per heavy atom. The summed E-state index contributed by atoms with van der Waals surface area (Å²) in [6, 6.07) is 20.0. The van der Waals surface area contributed by atoms with E-state index in [0.717, 1.165) is 28.0 Å². The van der Waals surface area contributed by atoms with E-state index in [1.54, 1.807) is 11.9 Å². The predicted molar refractivity (Wildman–Crippen MR) is 110 cm³/mol. The quantitative estimate of drug-likeness (QED) is 0.729. The van der Waals surface area contributed by atoms with Crippen LogP contribution in [0.15, 0.2) is 60.7 Å². The third-order valence-electron chi connectivity index (χ3n) is 5.00. The summed E-state index contributed by atoms with van der Waals surface area (Å²) in [5.74, 6) is 1.49. The summed E-state index contributed by atoms with van der Waals surface area (Å²) in [6.07, 6.45) is 0.